The number of aliphatic hydroxyl groups is 1. The highest BCUT2D eigenvalue weighted by Crippen LogP contribution is 2.70. The lowest BCUT2D eigenvalue weighted by atomic mass is 9.45. The molecule has 1 aromatic heterocycles. The number of benzene rings is 2. The summed E-state index contributed by atoms with van der Waals surface area (Å²) in [5.41, 5.74) is -10.7. The van der Waals surface area contributed by atoms with E-state index >= 15 is 0 Å². The molecular weight excluding hydrogens is 879 g/mol. The van der Waals surface area contributed by atoms with E-state index in [-0.39, 0.29) is 22.4 Å². The molecule has 0 amide bonds. The van der Waals surface area contributed by atoms with Gasteiger partial charge in [-0.3, -0.25) is 29.0 Å². The number of ether oxygens (including phenoxy) is 9. The molecule has 1 spiro atoms. The second-order valence-electron chi connectivity index (χ2n) is 17.7. The number of hydrogen-bond donors (Lipinski definition) is 1. The van der Waals surface area contributed by atoms with E-state index in [1.54, 1.807) is 31.2 Å². The normalized spacial score (nSPS) is 34.1. The van der Waals surface area contributed by atoms with Gasteiger partial charge in [-0.15, -0.1) is 0 Å². The smallest absolute Gasteiger partial charge is 0.340 e. The Hall–Kier alpha value is -6.73. The van der Waals surface area contributed by atoms with Crippen molar-refractivity contribution in [2.24, 2.45) is 17.3 Å². The van der Waals surface area contributed by atoms with Crippen molar-refractivity contribution in [3.05, 3.63) is 101 Å². The van der Waals surface area contributed by atoms with Crippen LogP contribution in [0.1, 0.15) is 98.1 Å². The Kier molecular flexibility index (Phi) is 13.1. The summed E-state index contributed by atoms with van der Waals surface area (Å²) >= 11 is 0. The van der Waals surface area contributed by atoms with Gasteiger partial charge in [0.15, 0.2) is 30.0 Å². The average Bonchev–Trinajstić information content (AvgIpc) is 3.51. The summed E-state index contributed by atoms with van der Waals surface area (Å²) in [4.78, 5) is 116. The Balaban J connectivity index is 1.65. The van der Waals surface area contributed by atoms with E-state index in [1.807, 2.05) is 0 Å². The number of nitrogens with zero attached hydrogens (tertiary/aromatic N) is 1. The Bertz CT molecular complexity index is 2460. The van der Waals surface area contributed by atoms with Crippen molar-refractivity contribution in [2.75, 3.05) is 13.2 Å². The summed E-state index contributed by atoms with van der Waals surface area (Å²) in [6.45, 7) is 7.66. The Morgan fingerprint density at radius 1 is 0.687 bits per heavy atom. The third-order valence-corrected chi connectivity index (χ3v) is 13.3. The van der Waals surface area contributed by atoms with E-state index in [2.05, 4.69) is 4.98 Å². The second kappa shape index (κ2) is 18.2. The largest absolute Gasteiger partial charge is 0.465 e. The van der Waals surface area contributed by atoms with Gasteiger partial charge in [0, 0.05) is 39.8 Å². The van der Waals surface area contributed by atoms with E-state index in [4.69, 9.17) is 42.6 Å². The molecule has 2 saturated carbocycles. The number of pyridine rings is 1. The molecule has 7 rings (SSSR count). The Morgan fingerprint density at radius 3 is 1.78 bits per heavy atom. The van der Waals surface area contributed by atoms with Gasteiger partial charge in [-0.05, 0) is 50.2 Å². The van der Waals surface area contributed by atoms with Gasteiger partial charge in [0.05, 0.1) is 34.2 Å². The maximum Gasteiger partial charge on any atom is 0.340 e. The summed E-state index contributed by atoms with van der Waals surface area (Å²) in [5.74, 6) is -12.1. The van der Waals surface area contributed by atoms with Gasteiger partial charge >= 0.3 is 47.8 Å². The topological polar surface area (TPSA) is 253 Å². The van der Waals surface area contributed by atoms with Gasteiger partial charge in [0.2, 0.25) is 0 Å². The fraction of sp³-hybridized carbons (Fsp3) is 0.479. The van der Waals surface area contributed by atoms with E-state index in [0.29, 0.717) is 0 Å². The third-order valence-electron chi connectivity index (χ3n) is 13.3. The number of rotatable bonds is 9. The molecule has 4 aliphatic rings. The minimum atomic E-state index is -2.91. The van der Waals surface area contributed by atoms with Crippen LogP contribution in [-0.4, -0.2) is 124 Å². The van der Waals surface area contributed by atoms with Gasteiger partial charge < -0.3 is 47.7 Å². The molecule has 1 N–H and O–H groups in total. The number of aromatic nitrogens is 1. The molecular formula is C48H51NO18. The summed E-state index contributed by atoms with van der Waals surface area (Å²) in [7, 11) is 0. The van der Waals surface area contributed by atoms with Crippen LogP contribution in [0.2, 0.25) is 0 Å². The van der Waals surface area contributed by atoms with Crippen LogP contribution in [0.25, 0.3) is 0 Å². The molecule has 13 unspecified atom stereocenters. The minimum absolute atomic E-state index is 0.0377. The lowest BCUT2D eigenvalue weighted by Gasteiger charge is -2.67. The van der Waals surface area contributed by atoms with Crippen LogP contribution in [0.5, 0.6) is 0 Å². The Morgan fingerprint density at radius 2 is 1.22 bits per heavy atom. The van der Waals surface area contributed by atoms with Crippen molar-refractivity contribution < 1.29 is 86.1 Å². The molecule has 19 nitrogen and oxygen atoms in total. The third kappa shape index (κ3) is 8.17. The molecule has 3 heterocycles. The van der Waals surface area contributed by atoms with Gasteiger partial charge in [-0.2, -0.15) is 0 Å². The molecule has 2 aromatic carbocycles. The second-order valence-corrected chi connectivity index (χ2v) is 17.7. The quantitative estimate of drug-likeness (QED) is 0.238. The maximum absolute atomic E-state index is 14.8. The Labute approximate surface area is 384 Å². The molecule has 356 valence electrons. The summed E-state index contributed by atoms with van der Waals surface area (Å²) in [5, 5.41) is 13.9. The monoisotopic (exact) mass is 929 g/mol. The lowest BCUT2D eigenvalue weighted by Crippen LogP contribution is -2.89. The van der Waals surface area contributed by atoms with Gasteiger partial charge in [-0.25, -0.2) is 14.4 Å². The first-order chi connectivity index (χ1) is 31.6. The molecule has 2 aliphatic carbocycles. The zero-order valence-electron chi connectivity index (χ0n) is 38.0. The first kappa shape index (κ1) is 48.2. The van der Waals surface area contributed by atoms with Crippen LogP contribution in [0.4, 0.5) is 0 Å². The van der Waals surface area contributed by atoms with Crippen molar-refractivity contribution in [1.82, 2.24) is 4.98 Å². The average molecular weight is 930 g/mol. The summed E-state index contributed by atoms with van der Waals surface area (Å²) in [6, 6.07) is 17.8. The van der Waals surface area contributed by atoms with Gasteiger partial charge in [-0.1, -0.05) is 50.2 Å². The molecule has 0 radical (unpaired) electrons. The summed E-state index contributed by atoms with van der Waals surface area (Å²) < 4.78 is 56.6. The maximum atomic E-state index is 14.8. The molecule has 1 saturated heterocycles. The highest BCUT2D eigenvalue weighted by atomic mass is 16.7. The fourth-order valence-electron chi connectivity index (χ4n) is 10.4. The first-order valence-corrected chi connectivity index (χ1v) is 21.5. The fourth-order valence-corrected chi connectivity index (χ4v) is 10.4. The van der Waals surface area contributed by atoms with E-state index in [0.717, 1.165) is 34.6 Å². The molecule has 67 heavy (non-hydrogen) atoms. The highest BCUT2D eigenvalue weighted by Gasteiger charge is 2.92. The SMILES string of the molecule is CC(=O)OCC12C(OC(C)=O)C(OC(C)=O)C3C(OC(=O)c4ccccc4)C14OC3(C)COC(=O)c1cccnc1C(C)C(C)C(=O)OC(C(OC(C)=O)C2OC(=O)c1ccccc1)C4(C)O. The van der Waals surface area contributed by atoms with Gasteiger partial charge in [0.25, 0.3) is 0 Å². The number of fused-ring (bicyclic) bond motifs is 5. The molecule has 3 aromatic rings. The summed E-state index contributed by atoms with van der Waals surface area (Å²) in [6.07, 6.45) is -11.1. The molecule has 4 bridgehead atoms. The number of hydrogen-bond acceptors (Lipinski definition) is 19. The minimum Gasteiger partial charge on any atom is -0.465 e. The van der Waals surface area contributed by atoms with E-state index in [1.165, 1.54) is 68.6 Å². The number of carbonyl (C=O) groups excluding carboxylic acids is 8. The lowest BCUT2D eigenvalue weighted by molar-refractivity contribution is -0.385. The molecule has 2 aliphatic heterocycles. The predicted octanol–water partition coefficient (Wildman–Crippen LogP) is 3.62. The van der Waals surface area contributed by atoms with Crippen LogP contribution in [0.3, 0.4) is 0 Å². The highest BCUT2D eigenvalue weighted by molar-refractivity contribution is 5.92. The van der Waals surface area contributed by atoms with E-state index in [9.17, 15) is 43.5 Å². The van der Waals surface area contributed by atoms with Crippen LogP contribution < -0.4 is 0 Å². The van der Waals surface area contributed by atoms with Crippen molar-refractivity contribution in [3.63, 3.8) is 0 Å². The zero-order valence-corrected chi connectivity index (χ0v) is 38.0. The van der Waals surface area contributed by atoms with Crippen molar-refractivity contribution in [2.45, 2.75) is 115 Å². The van der Waals surface area contributed by atoms with Crippen molar-refractivity contribution >= 4 is 47.8 Å². The van der Waals surface area contributed by atoms with E-state index < -0.39 is 138 Å². The molecule has 19 heteroatoms. The van der Waals surface area contributed by atoms with Crippen LogP contribution in [-0.2, 0) is 66.6 Å². The zero-order chi connectivity index (χ0) is 48.8. The number of esters is 8. The molecule has 13 atom stereocenters. The van der Waals surface area contributed by atoms with Crippen LogP contribution >= 0.6 is 0 Å². The predicted molar refractivity (Wildman–Crippen MR) is 225 cm³/mol. The number of carbonyl (C=O) groups is 8. The number of cyclic esters (lactones) is 1. The van der Waals surface area contributed by atoms with Crippen molar-refractivity contribution in [1.29, 1.82) is 0 Å². The van der Waals surface area contributed by atoms with Gasteiger partial charge in [0.1, 0.15) is 42.0 Å². The first-order valence-electron chi connectivity index (χ1n) is 21.5. The van der Waals surface area contributed by atoms with Crippen molar-refractivity contribution in [3.8, 4) is 0 Å². The van der Waals surface area contributed by atoms with Crippen LogP contribution in [0.15, 0.2) is 79.0 Å². The molecule has 3 fully saturated rings. The van der Waals surface area contributed by atoms with Crippen LogP contribution in [0, 0.1) is 17.3 Å². The standard InChI is InChI=1S/C48H51NO18/c1-24-25(2)41(54)65-38-36(62-28(5)52)40(66-43(56)31-18-13-10-14-19-31)47(23-59-26(3)50)39(63-29(6)53)35(61-27(4)51)33-37(64-42(55)30-16-11-9-12-17-30)48(47,46(38,8)58)67-45(33,7)22-60-44(57)32-20-15-21-49-34(24)32/h9-21,24-25,33,35-40,58H,22-23H2,1-8H3.